The van der Waals surface area contributed by atoms with E-state index in [2.05, 4.69) is 30.8 Å². The van der Waals surface area contributed by atoms with Crippen LogP contribution in [0.1, 0.15) is 30.2 Å². The van der Waals surface area contributed by atoms with Gasteiger partial charge in [0.1, 0.15) is 5.82 Å². The molecule has 0 aliphatic carbocycles. The van der Waals surface area contributed by atoms with E-state index in [1.807, 2.05) is 67.6 Å². The van der Waals surface area contributed by atoms with Gasteiger partial charge in [-0.15, -0.1) is 10.2 Å². The number of pyridine rings is 2. The molecule has 0 fully saturated rings. The van der Waals surface area contributed by atoms with E-state index in [1.165, 1.54) is 0 Å². The number of aromatic nitrogens is 4. The van der Waals surface area contributed by atoms with Crippen molar-refractivity contribution >= 4 is 29.8 Å². The second-order valence-electron chi connectivity index (χ2n) is 9.37. The highest BCUT2D eigenvalue weighted by Crippen LogP contribution is 2.34. The van der Waals surface area contributed by atoms with Gasteiger partial charge in [-0.3, -0.25) is 4.98 Å². The highest BCUT2D eigenvalue weighted by Gasteiger charge is 2.34. The van der Waals surface area contributed by atoms with Gasteiger partial charge in [-0.05, 0) is 47.8 Å². The zero-order valence-electron chi connectivity index (χ0n) is 22.0. The third kappa shape index (κ3) is 5.17. The van der Waals surface area contributed by atoms with E-state index >= 15 is 0 Å². The first-order chi connectivity index (χ1) is 19.6. The molecule has 4 heterocycles. The van der Waals surface area contributed by atoms with Crippen molar-refractivity contribution in [3.8, 4) is 22.9 Å². The third-order valence-corrected chi connectivity index (χ3v) is 6.78. The van der Waals surface area contributed by atoms with Gasteiger partial charge in [-0.2, -0.15) is 0 Å². The maximum Gasteiger partial charge on any atom is 0.494 e. The summed E-state index contributed by atoms with van der Waals surface area (Å²) in [5.41, 5.74) is 5.84. The lowest BCUT2D eigenvalue weighted by atomic mass is 9.78. The molecule has 0 amide bonds. The van der Waals surface area contributed by atoms with Crippen molar-refractivity contribution < 1.29 is 18.8 Å². The number of nitrogens with zero attached hydrogens (tertiary/aromatic N) is 4. The Kier molecular flexibility index (Phi) is 7.24. The van der Waals surface area contributed by atoms with Crippen molar-refractivity contribution in [3.05, 3.63) is 96.4 Å². The molecule has 1 aliphatic heterocycles. The van der Waals surface area contributed by atoms with Gasteiger partial charge >= 0.3 is 7.12 Å². The molecule has 1 unspecified atom stereocenters. The molecule has 0 radical (unpaired) electrons. The quantitative estimate of drug-likeness (QED) is 0.232. The number of nitrogens with one attached hydrogen (secondary N) is 2. The van der Waals surface area contributed by atoms with Gasteiger partial charge in [-0.1, -0.05) is 36.4 Å². The van der Waals surface area contributed by atoms with Crippen LogP contribution in [0, 0.1) is 0 Å². The molecule has 10 nitrogen and oxygen atoms in total. The molecule has 3 aromatic heterocycles. The maximum absolute atomic E-state index is 10.2. The predicted octanol–water partition coefficient (Wildman–Crippen LogP) is 4.52. The average Bonchev–Trinajstić information content (AvgIpc) is 3.62. The number of hydrogen-bond donors (Lipinski definition) is 3. The monoisotopic (exact) mass is 534 g/mol. The van der Waals surface area contributed by atoms with Crippen molar-refractivity contribution in [2.24, 2.45) is 0 Å². The Morgan fingerprint density at radius 1 is 1.02 bits per heavy atom. The van der Waals surface area contributed by atoms with Crippen LogP contribution in [0.4, 0.5) is 17.2 Å². The molecule has 2 atom stereocenters. The molecule has 0 spiro atoms. The van der Waals surface area contributed by atoms with Gasteiger partial charge < -0.3 is 29.5 Å². The SMILES string of the molecule is COB1OC(C)c2cc(Nc3cc(N[C@H](CO)c4ccccc4)c(-c4nnc(-c5cccnc5)o4)cn3)ccc21. The first kappa shape index (κ1) is 25.7. The van der Waals surface area contributed by atoms with Crippen LogP contribution >= 0.6 is 0 Å². The molecule has 3 N–H and O–H groups in total. The second kappa shape index (κ2) is 11.3. The zero-order chi connectivity index (χ0) is 27.5. The lowest BCUT2D eigenvalue weighted by molar-refractivity contribution is 0.191. The third-order valence-electron chi connectivity index (χ3n) is 6.78. The van der Waals surface area contributed by atoms with E-state index in [0.717, 1.165) is 22.3 Å². The number of anilines is 3. The largest absolute Gasteiger partial charge is 0.494 e. The Hall–Kier alpha value is -4.58. The van der Waals surface area contributed by atoms with E-state index < -0.39 is 0 Å². The molecule has 11 heteroatoms. The molecular formula is C29H27BN6O4. The van der Waals surface area contributed by atoms with Crippen molar-refractivity contribution in [1.29, 1.82) is 0 Å². The molecule has 1 aliphatic rings. The first-order valence-electron chi connectivity index (χ1n) is 12.9. The highest BCUT2D eigenvalue weighted by molar-refractivity contribution is 6.63. The van der Waals surface area contributed by atoms with Crippen LogP contribution in [0.25, 0.3) is 22.9 Å². The topological polar surface area (TPSA) is 127 Å². The summed E-state index contributed by atoms with van der Waals surface area (Å²) in [4.78, 5) is 8.76. The Morgan fingerprint density at radius 3 is 2.65 bits per heavy atom. The number of rotatable bonds is 9. The Labute approximate surface area is 231 Å². The maximum atomic E-state index is 10.2. The smallest absolute Gasteiger partial charge is 0.416 e. The van der Waals surface area contributed by atoms with Gasteiger partial charge in [-0.25, -0.2) is 4.98 Å². The van der Waals surface area contributed by atoms with Crippen molar-refractivity contribution in [2.45, 2.75) is 19.1 Å². The van der Waals surface area contributed by atoms with Crippen LogP contribution in [-0.4, -0.2) is 46.1 Å². The number of aliphatic hydroxyl groups excluding tert-OH is 1. The second-order valence-corrected chi connectivity index (χ2v) is 9.37. The van der Waals surface area contributed by atoms with Crippen LogP contribution in [-0.2, 0) is 9.31 Å². The summed E-state index contributed by atoms with van der Waals surface area (Å²) in [6.45, 7) is 1.88. The minimum atomic E-state index is -0.375. The van der Waals surface area contributed by atoms with Crippen LogP contribution in [0.3, 0.4) is 0 Å². The fourth-order valence-corrected chi connectivity index (χ4v) is 4.74. The van der Waals surface area contributed by atoms with Gasteiger partial charge in [0.05, 0.1) is 35.6 Å². The van der Waals surface area contributed by atoms with Crippen LogP contribution in [0.15, 0.2) is 89.7 Å². The summed E-state index contributed by atoms with van der Waals surface area (Å²) in [6.07, 6.45) is 4.93. The standard InChI is InChI=1S/C29H27BN6O4/c1-18-22-13-21(10-11-24(22)30(38-2)40-18)33-27-14-25(34-26(17-37)19-7-4-3-5-8-19)23(16-32-27)29-36-35-28(39-29)20-9-6-12-31-15-20/h3-16,18,26,37H,17H2,1-2H3,(H2,32,33,34)/t18?,26-/m1/s1. The van der Waals surface area contributed by atoms with Gasteiger partial charge in [0.15, 0.2) is 0 Å². The molecule has 0 saturated carbocycles. The minimum Gasteiger partial charge on any atom is -0.416 e. The summed E-state index contributed by atoms with van der Waals surface area (Å²) < 4.78 is 17.3. The number of fused-ring (bicyclic) bond motifs is 1. The lowest BCUT2D eigenvalue weighted by Crippen LogP contribution is -2.30. The van der Waals surface area contributed by atoms with Crippen molar-refractivity contribution in [1.82, 2.24) is 20.2 Å². The fraction of sp³-hybridized carbons (Fsp3) is 0.172. The number of aliphatic hydroxyl groups is 1. The molecule has 6 rings (SSSR count). The molecular weight excluding hydrogens is 507 g/mol. The van der Waals surface area contributed by atoms with Gasteiger partial charge in [0.25, 0.3) is 5.89 Å². The number of benzene rings is 2. The average molecular weight is 534 g/mol. The Bertz CT molecular complexity index is 1600. The predicted molar refractivity (Wildman–Crippen MR) is 152 cm³/mol. The zero-order valence-corrected chi connectivity index (χ0v) is 22.0. The summed E-state index contributed by atoms with van der Waals surface area (Å²) in [5.74, 6) is 1.24. The summed E-state index contributed by atoms with van der Waals surface area (Å²) in [7, 11) is 1.27. The Balaban J connectivity index is 1.35. The lowest BCUT2D eigenvalue weighted by Gasteiger charge is -2.20. The summed E-state index contributed by atoms with van der Waals surface area (Å²) in [5, 5.41) is 25.5. The number of hydrogen-bond acceptors (Lipinski definition) is 10. The molecule has 0 bridgehead atoms. The van der Waals surface area contributed by atoms with E-state index in [0.29, 0.717) is 34.4 Å². The summed E-state index contributed by atoms with van der Waals surface area (Å²) in [6, 6.07) is 20.9. The van der Waals surface area contributed by atoms with E-state index in [-0.39, 0.29) is 25.9 Å². The van der Waals surface area contributed by atoms with E-state index in [9.17, 15) is 5.11 Å². The molecule has 2 aromatic carbocycles. The van der Waals surface area contributed by atoms with Crippen molar-refractivity contribution in [2.75, 3.05) is 24.4 Å². The van der Waals surface area contributed by atoms with Crippen LogP contribution < -0.4 is 16.1 Å². The van der Waals surface area contributed by atoms with Gasteiger partial charge in [0.2, 0.25) is 5.89 Å². The van der Waals surface area contributed by atoms with Crippen LogP contribution in [0.2, 0.25) is 0 Å². The van der Waals surface area contributed by atoms with E-state index in [4.69, 9.17) is 13.7 Å². The molecule has 0 saturated heterocycles. The van der Waals surface area contributed by atoms with Gasteiger partial charge in [0, 0.05) is 37.5 Å². The highest BCUT2D eigenvalue weighted by atomic mass is 16.6. The summed E-state index contributed by atoms with van der Waals surface area (Å²) >= 11 is 0. The van der Waals surface area contributed by atoms with Crippen LogP contribution in [0.5, 0.6) is 0 Å². The molecule has 40 heavy (non-hydrogen) atoms. The minimum absolute atomic E-state index is 0.0861. The normalized spacial score (nSPS) is 15.1. The fourth-order valence-electron chi connectivity index (χ4n) is 4.74. The molecule has 5 aromatic rings. The molecule has 200 valence electrons. The van der Waals surface area contributed by atoms with Crippen molar-refractivity contribution in [3.63, 3.8) is 0 Å². The van der Waals surface area contributed by atoms with E-state index in [1.54, 1.807) is 31.8 Å². The Morgan fingerprint density at radius 2 is 1.88 bits per heavy atom. The first-order valence-corrected chi connectivity index (χ1v) is 12.9.